The molecule has 1 aromatic carbocycles. The molecular formula is C45H69N5O4S. The van der Waals surface area contributed by atoms with Gasteiger partial charge in [0, 0.05) is 29.3 Å². The quantitative estimate of drug-likeness (QED) is 0.0987. The molecule has 10 heteroatoms. The van der Waals surface area contributed by atoms with Crippen LogP contribution in [0.15, 0.2) is 60.4 Å². The molecule has 0 saturated heterocycles. The maximum Gasteiger partial charge on any atom is 0.325 e. The molecule has 2 aliphatic rings. The number of hydrogen-bond acceptors (Lipinski definition) is 8. The van der Waals surface area contributed by atoms with Crippen LogP contribution in [0.1, 0.15) is 138 Å². The summed E-state index contributed by atoms with van der Waals surface area (Å²) in [7, 11) is 1.50. The van der Waals surface area contributed by atoms with E-state index >= 15 is 0 Å². The zero-order chi connectivity index (χ0) is 40.8. The minimum absolute atomic E-state index is 0.173. The van der Waals surface area contributed by atoms with Crippen LogP contribution in [0.2, 0.25) is 0 Å². The van der Waals surface area contributed by atoms with Crippen LogP contribution in [0.25, 0.3) is 11.4 Å². The lowest BCUT2D eigenvalue weighted by Gasteiger charge is -2.35. The number of aliphatic carboxylic acids is 1. The molecule has 6 N–H and O–H groups in total. The summed E-state index contributed by atoms with van der Waals surface area (Å²) >= 11 is 1.57. The van der Waals surface area contributed by atoms with Gasteiger partial charge in [0.15, 0.2) is 12.1 Å². The minimum Gasteiger partial charge on any atom is -0.480 e. The van der Waals surface area contributed by atoms with Gasteiger partial charge in [-0.05, 0) is 118 Å². The van der Waals surface area contributed by atoms with Gasteiger partial charge >= 0.3 is 5.97 Å². The van der Waals surface area contributed by atoms with Crippen LogP contribution in [0.3, 0.4) is 0 Å². The highest BCUT2D eigenvalue weighted by Crippen LogP contribution is 2.41. The molecular weight excluding hydrogens is 707 g/mol. The summed E-state index contributed by atoms with van der Waals surface area (Å²) in [6.07, 6.45) is 22.4. The maximum atomic E-state index is 11.9. The van der Waals surface area contributed by atoms with Gasteiger partial charge in [-0.15, -0.1) is 11.3 Å². The molecule has 0 bridgehead atoms. The van der Waals surface area contributed by atoms with Crippen molar-refractivity contribution < 1.29 is 19.5 Å². The number of amides is 1. The highest BCUT2D eigenvalue weighted by molar-refractivity contribution is 7.13. The second kappa shape index (κ2) is 25.4. The summed E-state index contributed by atoms with van der Waals surface area (Å²) < 4.78 is 0. The molecule has 2 heterocycles. The third-order valence-corrected chi connectivity index (χ3v) is 11.7. The largest absolute Gasteiger partial charge is 0.480 e. The number of carboxylic acid groups (broad SMARTS) is 1. The Labute approximate surface area is 335 Å². The number of aromatic nitrogens is 2. The summed E-state index contributed by atoms with van der Waals surface area (Å²) in [6.45, 7) is 12.9. The molecule has 1 fully saturated rings. The summed E-state index contributed by atoms with van der Waals surface area (Å²) in [5, 5.41) is 11.4. The molecule has 0 radical (unpaired) electrons. The van der Waals surface area contributed by atoms with Crippen molar-refractivity contribution in [3.63, 3.8) is 0 Å². The van der Waals surface area contributed by atoms with Crippen molar-refractivity contribution in [2.24, 2.45) is 29.2 Å². The first-order chi connectivity index (χ1) is 26.4. The van der Waals surface area contributed by atoms with E-state index in [2.05, 4.69) is 54.8 Å². The number of nitrogens with zero attached hydrogens (tertiary/aromatic N) is 2. The Bertz CT molecular complexity index is 1570. The fourth-order valence-electron chi connectivity index (χ4n) is 7.18. The molecule has 3 aromatic rings. The molecule has 2 aromatic heterocycles. The van der Waals surface area contributed by atoms with Crippen LogP contribution in [0.4, 0.5) is 0 Å². The number of benzene rings is 1. The summed E-state index contributed by atoms with van der Waals surface area (Å²) in [5.41, 5.74) is 14.3. The summed E-state index contributed by atoms with van der Waals surface area (Å²) in [5.74, 6) is 2.28. The summed E-state index contributed by atoms with van der Waals surface area (Å²) in [4.78, 5) is 44.4. The monoisotopic (exact) mass is 776 g/mol. The number of rotatable bonds is 13. The molecule has 2 aliphatic carbocycles. The third kappa shape index (κ3) is 17.3. The van der Waals surface area contributed by atoms with E-state index in [1.54, 1.807) is 11.3 Å². The predicted octanol–water partition coefficient (Wildman–Crippen LogP) is 9.33. The second-order valence-corrected chi connectivity index (χ2v) is 16.8. The highest BCUT2D eigenvalue weighted by Gasteiger charge is 2.28. The number of nitrogens with two attached hydrogens (primary N) is 2. The van der Waals surface area contributed by atoms with Gasteiger partial charge in [-0.2, -0.15) is 0 Å². The molecule has 2 atom stereocenters. The lowest BCUT2D eigenvalue weighted by atomic mass is 9.70. The topological polar surface area (TPSA) is 161 Å². The summed E-state index contributed by atoms with van der Waals surface area (Å²) in [6, 6.07) is 11.2. The number of thiophene rings is 1. The van der Waals surface area contributed by atoms with Gasteiger partial charge in [0.2, 0.25) is 5.91 Å². The van der Waals surface area contributed by atoms with Gasteiger partial charge in [0.1, 0.15) is 6.04 Å². The van der Waals surface area contributed by atoms with E-state index in [-0.39, 0.29) is 11.3 Å². The van der Waals surface area contributed by atoms with Crippen LogP contribution < -0.4 is 16.8 Å². The SMILES string of the molecule is CC(C)(C)c1ccc(C=O)s1.CCCC1CCC(C2CC=C(Cc3cnc(-c4ccc(CCCC(=O)NC(C)C(=O)O)cc4)nc3)CC2)CC1.CCN.CN. The van der Waals surface area contributed by atoms with Crippen molar-refractivity contribution in [1.82, 2.24) is 15.3 Å². The van der Waals surface area contributed by atoms with Gasteiger partial charge in [-0.25, -0.2) is 9.97 Å². The number of aldehydes is 1. The lowest BCUT2D eigenvalue weighted by molar-refractivity contribution is -0.141. The Balaban J connectivity index is 0.000000547. The molecule has 55 heavy (non-hydrogen) atoms. The zero-order valence-corrected chi connectivity index (χ0v) is 35.4. The van der Waals surface area contributed by atoms with Crippen molar-refractivity contribution in [2.75, 3.05) is 13.6 Å². The second-order valence-electron chi connectivity index (χ2n) is 15.7. The van der Waals surface area contributed by atoms with Crippen molar-refractivity contribution in [3.8, 4) is 11.4 Å². The number of carbonyl (C=O) groups is 3. The van der Waals surface area contributed by atoms with Crippen LogP contribution in [0, 0.1) is 17.8 Å². The molecule has 9 nitrogen and oxygen atoms in total. The molecule has 0 spiro atoms. The molecule has 304 valence electrons. The first-order valence-electron chi connectivity index (χ1n) is 20.3. The zero-order valence-electron chi connectivity index (χ0n) is 34.6. The van der Waals surface area contributed by atoms with Crippen molar-refractivity contribution in [1.29, 1.82) is 0 Å². The fraction of sp³-hybridized carbons (Fsp3) is 0.578. The van der Waals surface area contributed by atoms with Crippen molar-refractivity contribution in [3.05, 3.63) is 81.3 Å². The van der Waals surface area contributed by atoms with E-state index in [1.807, 2.05) is 55.7 Å². The Morgan fingerprint density at radius 1 is 0.964 bits per heavy atom. The van der Waals surface area contributed by atoms with E-state index in [0.717, 1.165) is 65.3 Å². The minimum atomic E-state index is -1.02. The normalized spacial score (nSPS) is 18.4. The molecule has 1 amide bonds. The number of carboxylic acids is 1. The Hall–Kier alpha value is -3.73. The number of aryl methyl sites for hydroxylation is 1. The van der Waals surface area contributed by atoms with E-state index in [4.69, 9.17) is 10.8 Å². The number of carbonyl (C=O) groups excluding carboxylic acids is 2. The van der Waals surface area contributed by atoms with Crippen LogP contribution >= 0.6 is 11.3 Å². The van der Waals surface area contributed by atoms with Gasteiger partial charge < -0.3 is 21.9 Å². The number of hydrogen-bond donors (Lipinski definition) is 4. The lowest BCUT2D eigenvalue weighted by Crippen LogP contribution is -2.38. The average molecular weight is 776 g/mol. The molecule has 1 saturated carbocycles. The molecule has 5 rings (SSSR count). The first kappa shape index (κ1) is 47.4. The standard InChI is InChI=1S/C33H45N3O3.C9H12OS.C2H7N.CH5N/c1-3-5-24-8-14-28(15-9-24)29-16-12-26(13-17-29)20-27-21-34-32(35-22-27)30-18-10-25(11-19-30)6-4-7-31(37)36-23(2)33(38)39;1-9(2,3)8-5-4-7(6-10)11-8;1-2-3;1-2/h10-12,18-19,21-24,28-29H,3-9,13-17,20H2,1-2H3,(H,36,37)(H,38,39);4-6H,1-3H3;2-3H2,1H3;2H2,1H3. The smallest absolute Gasteiger partial charge is 0.325 e. The van der Waals surface area contributed by atoms with Crippen molar-refractivity contribution in [2.45, 2.75) is 136 Å². The Morgan fingerprint density at radius 2 is 1.60 bits per heavy atom. The van der Waals surface area contributed by atoms with Crippen LogP contribution in [-0.4, -0.2) is 52.9 Å². The Kier molecular flexibility index (Phi) is 21.9. The number of nitrogens with one attached hydrogen (secondary N) is 1. The highest BCUT2D eigenvalue weighted by atomic mass is 32.1. The van der Waals surface area contributed by atoms with E-state index < -0.39 is 12.0 Å². The number of allylic oxidation sites excluding steroid dienone is 2. The van der Waals surface area contributed by atoms with Gasteiger partial charge in [-0.1, -0.05) is 96.2 Å². The Morgan fingerprint density at radius 3 is 2.09 bits per heavy atom. The van der Waals surface area contributed by atoms with Crippen molar-refractivity contribution >= 4 is 29.5 Å². The van der Waals surface area contributed by atoms with Crippen LogP contribution in [-0.2, 0) is 27.8 Å². The van der Waals surface area contributed by atoms with E-state index in [0.29, 0.717) is 12.8 Å². The van der Waals surface area contributed by atoms with Gasteiger partial charge in [0.25, 0.3) is 0 Å². The molecule has 2 unspecified atom stereocenters. The van der Waals surface area contributed by atoms with E-state index in [1.165, 1.54) is 87.8 Å². The predicted molar refractivity (Wildman–Crippen MR) is 228 cm³/mol. The van der Waals surface area contributed by atoms with Gasteiger partial charge in [-0.3, -0.25) is 14.4 Å². The first-order valence-corrected chi connectivity index (χ1v) is 21.1. The maximum absolute atomic E-state index is 11.9. The van der Waals surface area contributed by atoms with E-state index in [9.17, 15) is 14.4 Å². The fourth-order valence-corrected chi connectivity index (χ4v) is 8.06. The molecule has 0 aliphatic heterocycles. The van der Waals surface area contributed by atoms with Gasteiger partial charge in [0.05, 0.1) is 4.88 Å². The third-order valence-electron chi connectivity index (χ3n) is 10.2. The average Bonchev–Trinajstić information content (AvgIpc) is 3.69. The van der Waals surface area contributed by atoms with Crippen LogP contribution in [0.5, 0.6) is 0 Å².